The molecule has 4 heteroatoms. The van der Waals surface area contributed by atoms with Gasteiger partial charge in [-0.25, -0.2) is 0 Å². The molecule has 4 nitrogen and oxygen atoms in total. The minimum Gasteiger partial charge on any atom is -0.383 e. The molecule has 1 amide bonds. The van der Waals surface area contributed by atoms with E-state index in [0.29, 0.717) is 25.1 Å². The van der Waals surface area contributed by atoms with E-state index in [1.807, 2.05) is 0 Å². The summed E-state index contributed by atoms with van der Waals surface area (Å²) in [5, 5.41) is 3.38. The number of piperidine rings is 1. The second-order valence-corrected chi connectivity index (χ2v) is 6.03. The third kappa shape index (κ3) is 4.19. The fourth-order valence-corrected chi connectivity index (χ4v) is 3.19. The molecule has 0 spiro atoms. The molecule has 0 aromatic rings. The fourth-order valence-electron chi connectivity index (χ4n) is 3.19. The molecule has 1 atom stereocenters. The third-order valence-electron chi connectivity index (χ3n) is 4.66. The number of hydrogen-bond donors (Lipinski definition) is 1. The summed E-state index contributed by atoms with van der Waals surface area (Å²) >= 11 is 0. The molecule has 1 aliphatic heterocycles. The fraction of sp³-hybridized carbons (Fsp3) is 0.938. The molecule has 0 saturated carbocycles. The Morgan fingerprint density at radius 1 is 1.35 bits per heavy atom. The van der Waals surface area contributed by atoms with E-state index in [1.165, 1.54) is 0 Å². The lowest BCUT2D eigenvalue weighted by Gasteiger charge is -2.42. The number of carbonyl (C=O) groups excluding carboxylic acids is 1. The summed E-state index contributed by atoms with van der Waals surface area (Å²) in [6.07, 6.45) is 5.02. The number of amides is 1. The number of hydrogen-bond acceptors (Lipinski definition) is 3. The summed E-state index contributed by atoms with van der Waals surface area (Å²) in [7, 11) is 1.70. The summed E-state index contributed by atoms with van der Waals surface area (Å²) < 4.78 is 5.19. The molecule has 0 aliphatic carbocycles. The first-order valence-electron chi connectivity index (χ1n) is 8.12. The average Bonchev–Trinajstić information content (AvgIpc) is 2.48. The number of nitrogens with one attached hydrogen (secondary N) is 1. The Morgan fingerprint density at radius 3 is 2.50 bits per heavy atom. The Bertz CT molecular complexity index is 283. The Balaban J connectivity index is 2.87. The molecule has 1 fully saturated rings. The first kappa shape index (κ1) is 17.4. The Morgan fingerprint density at radius 2 is 2.00 bits per heavy atom. The zero-order valence-electron chi connectivity index (χ0n) is 13.7. The molecule has 1 rings (SSSR count). The van der Waals surface area contributed by atoms with Crippen LogP contribution in [0.3, 0.4) is 0 Å². The van der Waals surface area contributed by atoms with Gasteiger partial charge in [-0.1, -0.05) is 20.3 Å². The predicted octanol–water partition coefficient (Wildman–Crippen LogP) is 2.43. The van der Waals surface area contributed by atoms with Crippen molar-refractivity contribution in [3.8, 4) is 0 Å². The minimum absolute atomic E-state index is 0.142. The van der Waals surface area contributed by atoms with Crippen LogP contribution in [0.4, 0.5) is 0 Å². The second-order valence-electron chi connectivity index (χ2n) is 6.03. The first-order valence-corrected chi connectivity index (χ1v) is 8.12. The molecule has 118 valence electrons. The van der Waals surface area contributed by atoms with Gasteiger partial charge < -0.3 is 15.0 Å². The number of nitrogens with zero attached hydrogens (tertiary/aromatic N) is 1. The average molecular weight is 284 g/mol. The van der Waals surface area contributed by atoms with Crippen LogP contribution in [0.1, 0.15) is 52.9 Å². The van der Waals surface area contributed by atoms with Crippen LogP contribution in [0.15, 0.2) is 0 Å². The van der Waals surface area contributed by atoms with Crippen LogP contribution in [0.2, 0.25) is 0 Å². The number of methoxy groups -OCH3 is 1. The highest BCUT2D eigenvalue weighted by atomic mass is 16.5. The van der Waals surface area contributed by atoms with Crippen LogP contribution < -0.4 is 5.32 Å². The summed E-state index contributed by atoms with van der Waals surface area (Å²) in [6, 6.07) is 0.293. The van der Waals surface area contributed by atoms with Gasteiger partial charge in [0.15, 0.2) is 0 Å². The molecule has 0 aromatic carbocycles. The summed E-state index contributed by atoms with van der Waals surface area (Å²) in [5.74, 6) is 0.354. The molecule has 1 heterocycles. The van der Waals surface area contributed by atoms with Gasteiger partial charge in [-0.3, -0.25) is 4.79 Å². The molecule has 1 N–H and O–H groups in total. The van der Waals surface area contributed by atoms with Gasteiger partial charge in [0.2, 0.25) is 5.91 Å². The zero-order valence-corrected chi connectivity index (χ0v) is 13.7. The summed E-state index contributed by atoms with van der Waals surface area (Å²) in [4.78, 5) is 15.2. The smallest absolute Gasteiger partial charge is 0.229 e. The van der Waals surface area contributed by atoms with Gasteiger partial charge in [-0.15, -0.1) is 0 Å². The lowest BCUT2D eigenvalue weighted by atomic mass is 9.74. The summed E-state index contributed by atoms with van der Waals surface area (Å²) in [6.45, 7) is 9.73. The van der Waals surface area contributed by atoms with Crippen molar-refractivity contribution in [2.45, 2.75) is 58.9 Å². The maximum absolute atomic E-state index is 13.2. The summed E-state index contributed by atoms with van der Waals surface area (Å²) in [5.41, 5.74) is -0.142. The van der Waals surface area contributed by atoms with Gasteiger partial charge >= 0.3 is 0 Å². The van der Waals surface area contributed by atoms with E-state index in [1.54, 1.807) is 7.11 Å². The van der Waals surface area contributed by atoms with Crippen molar-refractivity contribution in [2.24, 2.45) is 5.41 Å². The van der Waals surface area contributed by atoms with Gasteiger partial charge in [-0.05, 0) is 45.7 Å². The molecule has 0 radical (unpaired) electrons. The Kier molecular flexibility index (Phi) is 7.52. The van der Waals surface area contributed by atoms with Crippen molar-refractivity contribution >= 4 is 5.91 Å². The SMILES string of the molecule is CCCC1(C(=O)N(CCOC)C(C)CC)CCNCC1. The van der Waals surface area contributed by atoms with E-state index in [2.05, 4.69) is 31.0 Å². The van der Waals surface area contributed by atoms with Crippen molar-refractivity contribution < 1.29 is 9.53 Å². The molecule has 20 heavy (non-hydrogen) atoms. The first-order chi connectivity index (χ1) is 9.61. The zero-order chi connectivity index (χ0) is 15.0. The standard InChI is InChI=1S/C16H32N2O2/c1-5-7-16(8-10-17-11-9-16)15(19)18(12-13-20-4)14(3)6-2/h14,17H,5-13H2,1-4H3. The Hall–Kier alpha value is -0.610. The van der Waals surface area contributed by atoms with E-state index in [4.69, 9.17) is 4.74 Å². The number of rotatable bonds is 8. The second kappa shape index (κ2) is 8.63. The molecule has 0 aromatic heterocycles. The lowest BCUT2D eigenvalue weighted by molar-refractivity contribution is -0.147. The van der Waals surface area contributed by atoms with Gasteiger partial charge in [0.25, 0.3) is 0 Å². The van der Waals surface area contributed by atoms with E-state index in [0.717, 1.165) is 45.2 Å². The molecule has 1 saturated heterocycles. The normalized spacial score (nSPS) is 19.6. The maximum Gasteiger partial charge on any atom is 0.229 e. The van der Waals surface area contributed by atoms with E-state index < -0.39 is 0 Å². The highest BCUT2D eigenvalue weighted by Gasteiger charge is 2.41. The molecule has 0 bridgehead atoms. The van der Waals surface area contributed by atoms with Crippen LogP contribution in [0.25, 0.3) is 0 Å². The van der Waals surface area contributed by atoms with Crippen LogP contribution in [-0.4, -0.2) is 50.2 Å². The third-order valence-corrected chi connectivity index (χ3v) is 4.66. The van der Waals surface area contributed by atoms with Crippen molar-refractivity contribution in [1.29, 1.82) is 0 Å². The minimum atomic E-state index is -0.142. The van der Waals surface area contributed by atoms with Gasteiger partial charge in [0, 0.05) is 19.7 Å². The van der Waals surface area contributed by atoms with Gasteiger partial charge in [0.1, 0.15) is 0 Å². The van der Waals surface area contributed by atoms with Gasteiger partial charge in [0.05, 0.1) is 12.0 Å². The largest absolute Gasteiger partial charge is 0.383 e. The van der Waals surface area contributed by atoms with E-state index in [9.17, 15) is 4.79 Å². The van der Waals surface area contributed by atoms with E-state index >= 15 is 0 Å². The highest BCUT2D eigenvalue weighted by Crippen LogP contribution is 2.36. The maximum atomic E-state index is 13.2. The number of carbonyl (C=O) groups is 1. The van der Waals surface area contributed by atoms with Crippen molar-refractivity contribution in [1.82, 2.24) is 10.2 Å². The monoisotopic (exact) mass is 284 g/mol. The van der Waals surface area contributed by atoms with E-state index in [-0.39, 0.29) is 5.41 Å². The number of ether oxygens (including phenoxy) is 1. The van der Waals surface area contributed by atoms with Crippen LogP contribution in [-0.2, 0) is 9.53 Å². The van der Waals surface area contributed by atoms with Crippen molar-refractivity contribution in [3.05, 3.63) is 0 Å². The highest BCUT2D eigenvalue weighted by molar-refractivity contribution is 5.83. The molecular formula is C16H32N2O2. The van der Waals surface area contributed by atoms with Crippen LogP contribution in [0.5, 0.6) is 0 Å². The van der Waals surface area contributed by atoms with Crippen molar-refractivity contribution in [3.63, 3.8) is 0 Å². The molecule has 1 unspecified atom stereocenters. The quantitative estimate of drug-likeness (QED) is 0.744. The molecule has 1 aliphatic rings. The topological polar surface area (TPSA) is 41.6 Å². The molecular weight excluding hydrogens is 252 g/mol. The van der Waals surface area contributed by atoms with Gasteiger partial charge in [-0.2, -0.15) is 0 Å². The Labute approximate surface area is 124 Å². The van der Waals surface area contributed by atoms with Crippen LogP contribution >= 0.6 is 0 Å². The predicted molar refractivity (Wildman–Crippen MR) is 82.8 cm³/mol. The van der Waals surface area contributed by atoms with Crippen molar-refractivity contribution in [2.75, 3.05) is 33.4 Å². The van der Waals surface area contributed by atoms with Crippen LogP contribution in [0, 0.1) is 5.41 Å². The lowest BCUT2D eigenvalue weighted by Crippen LogP contribution is -2.52.